The lowest BCUT2D eigenvalue weighted by Gasteiger charge is -2.20. The Balaban J connectivity index is 2.37. The molecule has 0 aromatic heterocycles. The van der Waals surface area contributed by atoms with E-state index >= 15 is 0 Å². The summed E-state index contributed by atoms with van der Waals surface area (Å²) in [6.45, 7) is 3.37. The van der Waals surface area contributed by atoms with Crippen molar-refractivity contribution in [2.75, 3.05) is 0 Å². The monoisotopic (exact) mass is 424 g/mol. The number of carbonyl (C=O) groups is 2. The number of carbonyl (C=O) groups excluding carboxylic acids is 2. The average molecular weight is 425 g/mol. The van der Waals surface area contributed by atoms with Crippen LogP contribution in [0.25, 0.3) is 0 Å². The van der Waals surface area contributed by atoms with Crippen LogP contribution in [0.3, 0.4) is 0 Å². The van der Waals surface area contributed by atoms with Crippen LogP contribution in [0.2, 0.25) is 10.0 Å². The molecule has 0 spiro atoms. The topological polar surface area (TPSA) is 98.5 Å². The summed E-state index contributed by atoms with van der Waals surface area (Å²) in [7, 11) is 0. The van der Waals surface area contributed by atoms with Gasteiger partial charge in [0, 0.05) is 11.1 Å². The Morgan fingerprint density at radius 3 is 2.46 bits per heavy atom. The van der Waals surface area contributed by atoms with Crippen LogP contribution in [-0.2, 0) is 9.53 Å². The van der Waals surface area contributed by atoms with Crippen molar-refractivity contribution in [3.05, 3.63) is 73.8 Å². The molecule has 1 N–H and O–H groups in total. The zero-order chi connectivity index (χ0) is 20.8. The average Bonchev–Trinajstić information content (AvgIpc) is 2.60. The second-order valence-electron chi connectivity index (χ2n) is 6.21. The number of para-hydroxylation sites is 1. The zero-order valence-electron chi connectivity index (χ0n) is 15.1. The molecular weight excluding hydrogens is 407 g/mol. The van der Waals surface area contributed by atoms with E-state index in [4.69, 9.17) is 27.9 Å². The fourth-order valence-electron chi connectivity index (χ4n) is 2.57. The summed E-state index contributed by atoms with van der Waals surface area (Å²) in [6, 6.07) is 9.23. The lowest BCUT2D eigenvalue weighted by Crippen LogP contribution is -2.31. The number of nitrogens with zero attached hydrogens (tertiary/aromatic N) is 1. The van der Waals surface area contributed by atoms with Gasteiger partial charge in [-0.15, -0.1) is 0 Å². The molecular formula is C19H18Cl2N2O5. The first kappa shape index (κ1) is 21.7. The van der Waals surface area contributed by atoms with Crippen molar-refractivity contribution >= 4 is 40.8 Å². The number of ether oxygens (including phenoxy) is 1. The van der Waals surface area contributed by atoms with Crippen molar-refractivity contribution in [3.63, 3.8) is 0 Å². The lowest BCUT2D eigenvalue weighted by atomic mass is 10.0. The van der Waals surface area contributed by atoms with Gasteiger partial charge in [-0.25, -0.2) is 0 Å². The molecule has 1 atom stereocenters. The van der Waals surface area contributed by atoms with Crippen molar-refractivity contribution in [2.45, 2.75) is 32.4 Å². The van der Waals surface area contributed by atoms with Crippen LogP contribution in [0.15, 0.2) is 42.5 Å². The number of hydrogen-bond donors (Lipinski definition) is 1. The van der Waals surface area contributed by atoms with Crippen LogP contribution in [0.5, 0.6) is 0 Å². The third kappa shape index (κ3) is 5.68. The van der Waals surface area contributed by atoms with Gasteiger partial charge in [0.15, 0.2) is 0 Å². The Morgan fingerprint density at radius 2 is 1.86 bits per heavy atom. The summed E-state index contributed by atoms with van der Waals surface area (Å²) in [5.41, 5.74) is 0.103. The van der Waals surface area contributed by atoms with Gasteiger partial charge in [0.2, 0.25) is 0 Å². The summed E-state index contributed by atoms with van der Waals surface area (Å²) in [5.74, 6) is -1.19. The van der Waals surface area contributed by atoms with E-state index in [0.717, 1.165) is 0 Å². The summed E-state index contributed by atoms with van der Waals surface area (Å²) in [4.78, 5) is 35.7. The molecule has 7 nitrogen and oxygen atoms in total. The first-order chi connectivity index (χ1) is 13.2. The van der Waals surface area contributed by atoms with Gasteiger partial charge >= 0.3 is 5.97 Å². The normalized spacial score (nSPS) is 11.8. The van der Waals surface area contributed by atoms with E-state index in [1.54, 1.807) is 19.9 Å². The smallest absolute Gasteiger partial charge is 0.308 e. The van der Waals surface area contributed by atoms with E-state index in [1.165, 1.54) is 36.4 Å². The van der Waals surface area contributed by atoms with Crippen LogP contribution >= 0.6 is 23.2 Å². The maximum Gasteiger partial charge on any atom is 0.308 e. The van der Waals surface area contributed by atoms with Crippen molar-refractivity contribution < 1.29 is 19.2 Å². The Morgan fingerprint density at radius 1 is 1.18 bits per heavy atom. The second kappa shape index (κ2) is 9.52. The number of rotatable bonds is 7. The van der Waals surface area contributed by atoms with E-state index in [-0.39, 0.29) is 34.4 Å². The minimum atomic E-state index is -0.980. The summed E-state index contributed by atoms with van der Waals surface area (Å²) in [5, 5.41) is 14.5. The van der Waals surface area contributed by atoms with Crippen molar-refractivity contribution in [1.82, 2.24) is 5.32 Å². The van der Waals surface area contributed by atoms with Crippen molar-refractivity contribution in [3.8, 4) is 0 Å². The lowest BCUT2D eigenvalue weighted by molar-refractivity contribution is -0.385. The molecule has 0 saturated carbocycles. The van der Waals surface area contributed by atoms with Crippen molar-refractivity contribution in [1.29, 1.82) is 0 Å². The van der Waals surface area contributed by atoms with Crippen molar-refractivity contribution in [2.24, 2.45) is 0 Å². The van der Waals surface area contributed by atoms with Crippen LogP contribution in [-0.4, -0.2) is 22.9 Å². The third-order valence-corrected chi connectivity index (χ3v) is 4.28. The molecule has 0 aliphatic rings. The first-order valence-electron chi connectivity index (χ1n) is 8.37. The maximum atomic E-state index is 12.7. The standard InChI is InChI=1S/C19H18Cl2N2O5/c1-11(2)28-18(24)10-16(14-5-3-4-6-17(14)23(26)27)22-19(25)13-8-7-12(20)9-15(13)21/h3-9,11,16H,10H2,1-2H3,(H,22,25). The van der Waals surface area contributed by atoms with Gasteiger partial charge in [-0.3, -0.25) is 19.7 Å². The molecule has 0 bridgehead atoms. The first-order valence-corrected chi connectivity index (χ1v) is 9.13. The van der Waals surface area contributed by atoms with E-state index in [0.29, 0.717) is 5.02 Å². The van der Waals surface area contributed by atoms with E-state index in [2.05, 4.69) is 5.32 Å². The van der Waals surface area contributed by atoms with Gasteiger partial charge in [0.25, 0.3) is 11.6 Å². The molecule has 1 unspecified atom stereocenters. The van der Waals surface area contributed by atoms with Gasteiger partial charge in [-0.1, -0.05) is 41.4 Å². The minimum Gasteiger partial charge on any atom is -0.463 e. The molecule has 1 amide bonds. The van der Waals surface area contributed by atoms with E-state index in [1.807, 2.05) is 0 Å². The van der Waals surface area contributed by atoms with Crippen LogP contribution in [0.1, 0.15) is 42.2 Å². The molecule has 2 aromatic carbocycles. The Hall–Kier alpha value is -2.64. The molecule has 0 fully saturated rings. The maximum absolute atomic E-state index is 12.7. The number of hydrogen-bond acceptors (Lipinski definition) is 5. The summed E-state index contributed by atoms with van der Waals surface area (Å²) in [6.07, 6.45) is -0.639. The van der Waals surface area contributed by atoms with E-state index in [9.17, 15) is 19.7 Å². The van der Waals surface area contributed by atoms with Crippen LogP contribution < -0.4 is 5.32 Å². The molecule has 9 heteroatoms. The second-order valence-corrected chi connectivity index (χ2v) is 7.05. The highest BCUT2D eigenvalue weighted by Crippen LogP contribution is 2.29. The van der Waals surface area contributed by atoms with Gasteiger partial charge in [-0.2, -0.15) is 0 Å². The highest BCUT2D eigenvalue weighted by Gasteiger charge is 2.27. The van der Waals surface area contributed by atoms with Gasteiger partial charge in [-0.05, 0) is 32.0 Å². The number of esters is 1. The molecule has 0 heterocycles. The Bertz CT molecular complexity index is 902. The fraction of sp³-hybridized carbons (Fsp3) is 0.263. The van der Waals surface area contributed by atoms with Crippen LogP contribution in [0.4, 0.5) is 5.69 Å². The molecule has 2 rings (SSSR count). The highest BCUT2D eigenvalue weighted by atomic mass is 35.5. The molecule has 2 aromatic rings. The largest absolute Gasteiger partial charge is 0.463 e. The molecule has 28 heavy (non-hydrogen) atoms. The zero-order valence-corrected chi connectivity index (χ0v) is 16.7. The Labute approximate surface area is 171 Å². The number of nitro groups is 1. The highest BCUT2D eigenvalue weighted by molar-refractivity contribution is 6.36. The quantitative estimate of drug-likeness (QED) is 0.393. The molecule has 0 aliphatic carbocycles. The van der Waals surface area contributed by atoms with Gasteiger partial charge < -0.3 is 10.1 Å². The number of nitrogens with one attached hydrogen (secondary N) is 1. The van der Waals surface area contributed by atoms with Gasteiger partial charge in [0.1, 0.15) is 0 Å². The minimum absolute atomic E-state index is 0.121. The molecule has 0 radical (unpaired) electrons. The summed E-state index contributed by atoms with van der Waals surface area (Å²) >= 11 is 11.9. The number of amides is 1. The summed E-state index contributed by atoms with van der Waals surface area (Å²) < 4.78 is 5.13. The Kier molecular flexibility index (Phi) is 7.37. The van der Waals surface area contributed by atoms with E-state index < -0.39 is 22.8 Å². The number of benzene rings is 2. The fourth-order valence-corrected chi connectivity index (χ4v) is 3.07. The van der Waals surface area contributed by atoms with Gasteiger partial charge in [0.05, 0.1) is 39.6 Å². The SMILES string of the molecule is CC(C)OC(=O)CC(NC(=O)c1ccc(Cl)cc1Cl)c1ccccc1[N+](=O)[O-]. The van der Waals surface area contributed by atoms with Crippen LogP contribution in [0, 0.1) is 10.1 Å². The predicted molar refractivity (Wildman–Crippen MR) is 106 cm³/mol. The molecule has 0 aliphatic heterocycles. The predicted octanol–water partition coefficient (Wildman–Crippen LogP) is 4.71. The number of nitro benzene ring substituents is 1. The third-order valence-electron chi connectivity index (χ3n) is 3.73. The molecule has 148 valence electrons. The number of halogens is 2. The molecule has 0 saturated heterocycles.